The molecule has 21 heavy (non-hydrogen) atoms. The third kappa shape index (κ3) is 2.26. The summed E-state index contributed by atoms with van der Waals surface area (Å²) in [5, 5.41) is 14.5. The third-order valence-corrected chi connectivity index (χ3v) is 6.14. The number of hydrogen-bond donors (Lipinski definition) is 1. The van der Waals surface area contributed by atoms with Crippen molar-refractivity contribution in [3.05, 3.63) is 46.3 Å². The summed E-state index contributed by atoms with van der Waals surface area (Å²) in [5.41, 5.74) is 2.40. The Morgan fingerprint density at radius 1 is 1.10 bits per heavy atom. The summed E-state index contributed by atoms with van der Waals surface area (Å²) >= 11 is 9.32. The molecule has 0 radical (unpaired) electrons. The highest BCUT2D eigenvalue weighted by atomic mass is 35.5. The Hall–Kier alpha value is -1.40. The van der Waals surface area contributed by atoms with Crippen LogP contribution in [-0.4, -0.2) is 10.6 Å². The molecule has 2 aromatic heterocycles. The standard InChI is InChI=1S/C15H10ClNOS2.H2O/c16-11-3-1-9(2-4-11)12-14(18)17-7-5-10-6-8-19-13(10)15(17)20-12;/h1-4,6,8H,5,7H2;1H2. The number of hydrogen-bond acceptors (Lipinski definition) is 4. The number of nitrogens with zero attached hydrogens (tertiary/aromatic N) is 1. The number of thiophene rings is 1. The van der Waals surface area contributed by atoms with Gasteiger partial charge in [0.1, 0.15) is 4.88 Å². The van der Waals surface area contributed by atoms with Crippen molar-refractivity contribution < 1.29 is 15.1 Å². The summed E-state index contributed by atoms with van der Waals surface area (Å²) in [6.07, 6.45) is 0.987. The molecule has 3 aromatic rings. The largest absolute Gasteiger partial charge is 0.870 e. The average molecular weight is 338 g/mol. The fourth-order valence-electron chi connectivity index (χ4n) is 2.53. The van der Waals surface area contributed by atoms with E-state index < -0.39 is 0 Å². The van der Waals surface area contributed by atoms with Crippen LogP contribution in [0, 0.1) is 0 Å². The van der Waals surface area contributed by atoms with E-state index in [1.54, 1.807) is 22.7 Å². The van der Waals surface area contributed by atoms with E-state index in [1.165, 1.54) is 10.4 Å². The first-order chi connectivity index (χ1) is 9.74. The van der Waals surface area contributed by atoms with E-state index in [4.69, 9.17) is 11.6 Å². The van der Waals surface area contributed by atoms with Gasteiger partial charge in [0.05, 0.1) is 0 Å². The lowest BCUT2D eigenvalue weighted by Crippen LogP contribution is -2.37. The van der Waals surface area contributed by atoms with Crippen LogP contribution in [0.3, 0.4) is 0 Å². The number of rotatable bonds is 1. The SMILES string of the molecule is Oc1c(-c2ccc(Cl)cc2)sc2[n+]1CCc1ccsc1-2.[OH-]. The van der Waals surface area contributed by atoms with Gasteiger partial charge in [-0.3, -0.25) is 0 Å². The minimum atomic E-state index is 0. The highest BCUT2D eigenvalue weighted by molar-refractivity contribution is 7.22. The molecule has 0 fully saturated rings. The molecule has 0 spiro atoms. The maximum Gasteiger partial charge on any atom is 0.385 e. The van der Waals surface area contributed by atoms with Gasteiger partial charge in [0.15, 0.2) is 11.4 Å². The molecule has 0 unspecified atom stereocenters. The summed E-state index contributed by atoms with van der Waals surface area (Å²) in [6, 6.07) is 9.80. The minimum Gasteiger partial charge on any atom is -0.870 e. The first kappa shape index (κ1) is 14.5. The summed E-state index contributed by atoms with van der Waals surface area (Å²) in [7, 11) is 0. The van der Waals surface area contributed by atoms with Crippen molar-refractivity contribution in [3.8, 4) is 26.2 Å². The fourth-order valence-corrected chi connectivity index (χ4v) is 4.99. The second-order valence-corrected chi connectivity index (χ2v) is 7.10. The lowest BCUT2D eigenvalue weighted by molar-refractivity contribution is -0.688. The first-order valence-electron chi connectivity index (χ1n) is 6.32. The summed E-state index contributed by atoms with van der Waals surface area (Å²) in [6.45, 7) is 0.842. The van der Waals surface area contributed by atoms with Crippen LogP contribution in [-0.2, 0) is 13.0 Å². The molecule has 1 aliphatic rings. The van der Waals surface area contributed by atoms with Crippen molar-refractivity contribution in [1.82, 2.24) is 0 Å². The Bertz CT molecular complexity index is 793. The zero-order valence-corrected chi connectivity index (χ0v) is 13.3. The Labute approximate surface area is 135 Å². The number of halogens is 1. The van der Waals surface area contributed by atoms with E-state index in [9.17, 15) is 5.11 Å². The maximum atomic E-state index is 10.5. The van der Waals surface area contributed by atoms with E-state index in [2.05, 4.69) is 11.4 Å². The van der Waals surface area contributed by atoms with Crippen LogP contribution in [0.4, 0.5) is 0 Å². The van der Waals surface area contributed by atoms with Gasteiger partial charge in [-0.15, -0.1) is 15.9 Å². The van der Waals surface area contributed by atoms with Gasteiger partial charge in [0.2, 0.25) is 0 Å². The molecule has 0 saturated carbocycles. The van der Waals surface area contributed by atoms with Crippen molar-refractivity contribution in [2.24, 2.45) is 0 Å². The Kier molecular flexibility index (Phi) is 3.75. The molecular weight excluding hydrogens is 326 g/mol. The zero-order valence-electron chi connectivity index (χ0n) is 10.9. The van der Waals surface area contributed by atoms with Crippen LogP contribution in [0.5, 0.6) is 5.88 Å². The third-order valence-electron chi connectivity index (χ3n) is 3.55. The molecule has 6 heteroatoms. The molecule has 108 valence electrons. The van der Waals surface area contributed by atoms with Gasteiger partial charge in [0.25, 0.3) is 5.01 Å². The predicted octanol–water partition coefficient (Wildman–Crippen LogP) is 4.17. The van der Waals surface area contributed by atoms with Crippen LogP contribution < -0.4 is 4.57 Å². The van der Waals surface area contributed by atoms with Gasteiger partial charge in [-0.05, 0) is 29.1 Å². The molecule has 0 amide bonds. The highest BCUT2D eigenvalue weighted by Crippen LogP contribution is 2.42. The van der Waals surface area contributed by atoms with E-state index in [0.29, 0.717) is 10.9 Å². The number of fused-ring (bicyclic) bond motifs is 3. The molecule has 0 aliphatic carbocycles. The summed E-state index contributed by atoms with van der Waals surface area (Å²) in [5.74, 6) is 0.367. The van der Waals surface area contributed by atoms with Crippen molar-refractivity contribution in [2.75, 3.05) is 0 Å². The monoisotopic (exact) mass is 337 g/mol. The molecule has 4 rings (SSSR count). The van der Waals surface area contributed by atoms with Gasteiger partial charge >= 0.3 is 5.88 Å². The zero-order chi connectivity index (χ0) is 13.7. The molecule has 3 nitrogen and oxygen atoms in total. The molecule has 2 N–H and O–H groups in total. The number of aromatic hydroxyl groups is 1. The normalized spacial score (nSPS) is 12.4. The van der Waals surface area contributed by atoms with Crippen LogP contribution in [0.15, 0.2) is 35.7 Å². The van der Waals surface area contributed by atoms with Gasteiger partial charge in [0, 0.05) is 17.0 Å². The predicted molar refractivity (Wildman–Crippen MR) is 85.6 cm³/mol. The van der Waals surface area contributed by atoms with Crippen LogP contribution >= 0.6 is 34.3 Å². The van der Waals surface area contributed by atoms with Gasteiger partial charge in [-0.25, -0.2) is 0 Å². The summed E-state index contributed by atoms with van der Waals surface area (Å²) < 4.78 is 2.02. The second kappa shape index (κ2) is 5.42. The molecule has 0 atom stereocenters. The van der Waals surface area contributed by atoms with E-state index in [1.807, 2.05) is 28.8 Å². The average Bonchev–Trinajstić information content (AvgIpc) is 3.04. The maximum absolute atomic E-state index is 10.5. The quantitative estimate of drug-likeness (QED) is 0.677. The first-order valence-corrected chi connectivity index (χ1v) is 8.40. The van der Waals surface area contributed by atoms with Crippen molar-refractivity contribution in [2.45, 2.75) is 13.0 Å². The molecule has 0 saturated heterocycles. The Morgan fingerprint density at radius 3 is 2.62 bits per heavy atom. The lowest BCUT2D eigenvalue weighted by Gasteiger charge is -2.05. The van der Waals surface area contributed by atoms with Gasteiger partial charge < -0.3 is 10.6 Å². The van der Waals surface area contributed by atoms with Crippen molar-refractivity contribution in [1.29, 1.82) is 0 Å². The Morgan fingerprint density at radius 2 is 1.86 bits per heavy atom. The molecular formula is C15H12ClNO2S2. The second-order valence-electron chi connectivity index (χ2n) is 4.74. The Balaban J connectivity index is 0.00000132. The fraction of sp³-hybridized carbons (Fsp3) is 0.133. The number of aryl methyl sites for hydroxylation is 1. The summed E-state index contributed by atoms with van der Waals surface area (Å²) in [4.78, 5) is 2.20. The van der Waals surface area contributed by atoms with Crippen LogP contribution in [0.25, 0.3) is 20.3 Å². The molecule has 3 heterocycles. The topological polar surface area (TPSA) is 54.1 Å². The van der Waals surface area contributed by atoms with E-state index in [-0.39, 0.29) is 5.48 Å². The number of aromatic nitrogens is 1. The molecule has 1 aliphatic heterocycles. The highest BCUT2D eigenvalue weighted by Gasteiger charge is 2.33. The molecule has 1 aromatic carbocycles. The van der Waals surface area contributed by atoms with Crippen LogP contribution in [0.2, 0.25) is 5.02 Å². The number of benzene rings is 1. The smallest absolute Gasteiger partial charge is 0.385 e. The minimum absolute atomic E-state index is 0. The van der Waals surface area contributed by atoms with Gasteiger partial charge in [-0.2, -0.15) is 0 Å². The van der Waals surface area contributed by atoms with Crippen molar-refractivity contribution in [3.63, 3.8) is 0 Å². The van der Waals surface area contributed by atoms with Crippen molar-refractivity contribution >= 4 is 34.3 Å². The van der Waals surface area contributed by atoms with E-state index >= 15 is 0 Å². The van der Waals surface area contributed by atoms with Crippen LogP contribution in [0.1, 0.15) is 5.56 Å². The van der Waals surface area contributed by atoms with Gasteiger partial charge in [-0.1, -0.05) is 35.1 Å². The molecule has 0 bridgehead atoms. The van der Waals surface area contributed by atoms with E-state index in [0.717, 1.165) is 28.4 Å². The number of thiazole rings is 1. The lowest BCUT2D eigenvalue weighted by atomic mass is 10.1.